The standard InChI is InChI=1S/C18H18N6O2S/c1-2-11-8-12-13(26-7-6-25-12)9-14(11)27-18-23-15-16(20)21-10-22-17(15)24(18)5-3-4-19/h1,8-10H,3-7,19H2,(H2,20,21,22). The minimum absolute atomic E-state index is 0.340. The minimum Gasteiger partial charge on any atom is -0.486 e. The number of imidazole rings is 1. The van der Waals surface area contributed by atoms with E-state index in [1.807, 2.05) is 16.7 Å². The van der Waals surface area contributed by atoms with Crippen LogP contribution >= 0.6 is 11.8 Å². The second kappa shape index (κ2) is 7.34. The summed E-state index contributed by atoms with van der Waals surface area (Å²) in [6, 6.07) is 3.70. The van der Waals surface area contributed by atoms with E-state index in [0.29, 0.717) is 60.3 Å². The van der Waals surface area contributed by atoms with Gasteiger partial charge < -0.3 is 25.5 Å². The van der Waals surface area contributed by atoms with Gasteiger partial charge in [0, 0.05) is 23.1 Å². The SMILES string of the molecule is C#Cc1cc2c(cc1Sc1nc3c(N)ncnc3n1CCCN)OCCO2. The van der Waals surface area contributed by atoms with Gasteiger partial charge in [0.25, 0.3) is 0 Å². The molecule has 4 rings (SSSR count). The number of nitrogens with zero attached hydrogens (tertiary/aromatic N) is 4. The Morgan fingerprint density at radius 3 is 2.74 bits per heavy atom. The molecular formula is C18H18N6O2S. The number of hydrogen-bond acceptors (Lipinski definition) is 8. The molecule has 0 spiro atoms. The van der Waals surface area contributed by atoms with E-state index in [1.165, 1.54) is 18.1 Å². The third-order valence-electron chi connectivity index (χ3n) is 4.11. The zero-order valence-corrected chi connectivity index (χ0v) is 15.3. The summed E-state index contributed by atoms with van der Waals surface area (Å²) < 4.78 is 13.3. The summed E-state index contributed by atoms with van der Waals surface area (Å²) in [5, 5.41) is 0.721. The predicted molar refractivity (Wildman–Crippen MR) is 103 cm³/mol. The van der Waals surface area contributed by atoms with Crippen molar-refractivity contribution in [2.24, 2.45) is 5.73 Å². The predicted octanol–water partition coefficient (Wildman–Crippen LogP) is 1.66. The maximum Gasteiger partial charge on any atom is 0.175 e. The van der Waals surface area contributed by atoms with Gasteiger partial charge in [-0.2, -0.15) is 0 Å². The minimum atomic E-state index is 0.340. The fraction of sp³-hybridized carbons (Fsp3) is 0.278. The van der Waals surface area contributed by atoms with Gasteiger partial charge in [-0.05, 0) is 19.0 Å². The molecule has 4 N–H and O–H groups in total. The lowest BCUT2D eigenvalue weighted by atomic mass is 10.2. The van der Waals surface area contributed by atoms with Crippen LogP contribution in [0, 0.1) is 12.3 Å². The molecule has 8 nitrogen and oxygen atoms in total. The van der Waals surface area contributed by atoms with Gasteiger partial charge in [0.05, 0.1) is 0 Å². The van der Waals surface area contributed by atoms with Crippen molar-refractivity contribution in [3.8, 4) is 23.8 Å². The molecule has 27 heavy (non-hydrogen) atoms. The van der Waals surface area contributed by atoms with Crippen molar-refractivity contribution in [3.05, 3.63) is 24.0 Å². The summed E-state index contributed by atoms with van der Waals surface area (Å²) >= 11 is 1.43. The van der Waals surface area contributed by atoms with Gasteiger partial charge in [0.15, 0.2) is 33.6 Å². The Bertz CT molecular complexity index is 1040. The molecule has 0 fully saturated rings. The number of aromatic nitrogens is 4. The van der Waals surface area contributed by atoms with Gasteiger partial charge in [-0.1, -0.05) is 17.7 Å². The van der Waals surface area contributed by atoms with Crippen molar-refractivity contribution in [2.75, 3.05) is 25.5 Å². The maximum absolute atomic E-state index is 5.98. The third kappa shape index (κ3) is 3.25. The number of anilines is 1. The van der Waals surface area contributed by atoms with Crippen LogP contribution in [-0.4, -0.2) is 39.3 Å². The summed E-state index contributed by atoms with van der Waals surface area (Å²) in [7, 11) is 0. The Morgan fingerprint density at radius 2 is 2.00 bits per heavy atom. The molecule has 0 aliphatic carbocycles. The van der Waals surface area contributed by atoms with E-state index in [0.717, 1.165) is 16.5 Å². The smallest absolute Gasteiger partial charge is 0.175 e. The molecule has 0 radical (unpaired) electrons. The van der Waals surface area contributed by atoms with Gasteiger partial charge in [-0.25, -0.2) is 15.0 Å². The molecule has 1 aliphatic heterocycles. The van der Waals surface area contributed by atoms with Crippen LogP contribution in [0.1, 0.15) is 12.0 Å². The van der Waals surface area contributed by atoms with E-state index in [2.05, 4.69) is 20.9 Å². The van der Waals surface area contributed by atoms with E-state index >= 15 is 0 Å². The second-order valence-corrected chi connectivity index (χ2v) is 6.87. The van der Waals surface area contributed by atoms with E-state index in [9.17, 15) is 0 Å². The molecular weight excluding hydrogens is 364 g/mol. The number of ether oxygens (including phenoxy) is 2. The zero-order valence-electron chi connectivity index (χ0n) is 14.5. The lowest BCUT2D eigenvalue weighted by molar-refractivity contribution is 0.171. The van der Waals surface area contributed by atoms with Gasteiger partial charge in [-0.15, -0.1) is 6.42 Å². The molecule has 1 aromatic carbocycles. The molecule has 138 valence electrons. The number of fused-ring (bicyclic) bond motifs is 2. The zero-order chi connectivity index (χ0) is 18.8. The Hall–Kier alpha value is -2.96. The highest BCUT2D eigenvalue weighted by molar-refractivity contribution is 7.99. The normalized spacial score (nSPS) is 12.9. The summed E-state index contributed by atoms with van der Waals surface area (Å²) in [5.74, 6) is 4.38. The highest BCUT2D eigenvalue weighted by atomic mass is 32.2. The van der Waals surface area contributed by atoms with Crippen molar-refractivity contribution in [2.45, 2.75) is 23.0 Å². The number of rotatable bonds is 5. The van der Waals surface area contributed by atoms with E-state index in [-0.39, 0.29) is 0 Å². The van der Waals surface area contributed by atoms with Crippen molar-refractivity contribution in [3.63, 3.8) is 0 Å². The number of terminal acetylenes is 1. The van der Waals surface area contributed by atoms with E-state index in [1.54, 1.807) is 0 Å². The summed E-state index contributed by atoms with van der Waals surface area (Å²) in [6.07, 6.45) is 7.93. The molecule has 1 aliphatic rings. The largest absolute Gasteiger partial charge is 0.486 e. The lowest BCUT2D eigenvalue weighted by Crippen LogP contribution is -2.15. The van der Waals surface area contributed by atoms with Crippen LogP contribution in [0.5, 0.6) is 11.5 Å². The Kier molecular flexibility index (Phi) is 4.75. The average Bonchev–Trinajstić information content (AvgIpc) is 3.04. The van der Waals surface area contributed by atoms with E-state index < -0.39 is 0 Å². The average molecular weight is 382 g/mol. The molecule has 0 bridgehead atoms. The van der Waals surface area contributed by atoms with Crippen LogP contribution in [0.2, 0.25) is 0 Å². The topological polar surface area (TPSA) is 114 Å². The Morgan fingerprint density at radius 1 is 1.22 bits per heavy atom. The Balaban J connectivity index is 1.79. The Labute approximate surface area is 160 Å². The monoisotopic (exact) mass is 382 g/mol. The molecule has 0 atom stereocenters. The third-order valence-corrected chi connectivity index (χ3v) is 5.16. The molecule has 3 heterocycles. The van der Waals surface area contributed by atoms with Crippen LogP contribution in [-0.2, 0) is 6.54 Å². The first-order valence-electron chi connectivity index (χ1n) is 8.46. The van der Waals surface area contributed by atoms with Crippen LogP contribution < -0.4 is 20.9 Å². The van der Waals surface area contributed by atoms with Gasteiger partial charge in [0.2, 0.25) is 0 Å². The number of aryl methyl sites for hydroxylation is 1. The maximum atomic E-state index is 5.98. The van der Waals surface area contributed by atoms with Crippen molar-refractivity contribution in [1.82, 2.24) is 19.5 Å². The summed E-state index contributed by atoms with van der Waals surface area (Å²) in [5.41, 5.74) is 13.6. The van der Waals surface area contributed by atoms with Crippen LogP contribution in [0.25, 0.3) is 11.2 Å². The number of nitrogen functional groups attached to an aromatic ring is 1. The molecule has 0 saturated carbocycles. The van der Waals surface area contributed by atoms with Gasteiger partial charge in [0.1, 0.15) is 19.5 Å². The van der Waals surface area contributed by atoms with Crippen molar-refractivity contribution < 1.29 is 9.47 Å². The molecule has 0 amide bonds. The highest BCUT2D eigenvalue weighted by Crippen LogP contribution is 2.40. The summed E-state index contributed by atoms with van der Waals surface area (Å²) in [6.45, 7) is 2.25. The highest BCUT2D eigenvalue weighted by Gasteiger charge is 2.20. The molecule has 0 saturated heterocycles. The fourth-order valence-electron chi connectivity index (χ4n) is 2.83. The lowest BCUT2D eigenvalue weighted by Gasteiger charge is -2.19. The first kappa shape index (κ1) is 17.5. The van der Waals surface area contributed by atoms with Crippen LogP contribution in [0.3, 0.4) is 0 Å². The quantitative estimate of drug-likeness (QED) is 0.641. The van der Waals surface area contributed by atoms with Crippen LogP contribution in [0.15, 0.2) is 28.5 Å². The number of benzene rings is 1. The van der Waals surface area contributed by atoms with Crippen molar-refractivity contribution >= 4 is 28.7 Å². The number of nitrogens with two attached hydrogens (primary N) is 2. The summed E-state index contributed by atoms with van der Waals surface area (Å²) in [4.78, 5) is 13.9. The first-order valence-corrected chi connectivity index (χ1v) is 9.27. The van der Waals surface area contributed by atoms with Crippen LogP contribution in [0.4, 0.5) is 5.82 Å². The first-order chi connectivity index (χ1) is 13.2. The molecule has 0 unspecified atom stereocenters. The molecule has 9 heteroatoms. The van der Waals surface area contributed by atoms with Gasteiger partial charge in [-0.3, -0.25) is 0 Å². The van der Waals surface area contributed by atoms with Crippen molar-refractivity contribution in [1.29, 1.82) is 0 Å². The molecule has 3 aromatic rings. The second-order valence-electron chi connectivity index (χ2n) is 5.86. The van der Waals surface area contributed by atoms with Gasteiger partial charge >= 0.3 is 0 Å². The molecule has 2 aromatic heterocycles. The van der Waals surface area contributed by atoms with E-state index in [4.69, 9.17) is 27.4 Å². The number of hydrogen-bond donors (Lipinski definition) is 2. The fourth-order valence-corrected chi connectivity index (χ4v) is 3.84.